The minimum absolute atomic E-state index is 0.117. The second kappa shape index (κ2) is 11.2. The van der Waals surface area contributed by atoms with Crippen LogP contribution in [0.15, 0.2) is 29.2 Å². The number of aromatic nitrogens is 5. The molecular weight excluding hydrogens is 452 g/mol. The number of carboxylic acids is 1. The van der Waals surface area contributed by atoms with Gasteiger partial charge in [0, 0.05) is 43.9 Å². The number of rotatable bonds is 10. The second-order valence-corrected chi connectivity index (χ2v) is 8.56. The van der Waals surface area contributed by atoms with Crippen molar-refractivity contribution >= 4 is 22.8 Å². The molecule has 4 rings (SSSR count). The van der Waals surface area contributed by atoms with Crippen LogP contribution in [0.2, 0.25) is 0 Å². The maximum Gasteiger partial charge on any atom is 0.350 e. The quantitative estimate of drug-likeness (QED) is 0.429. The van der Waals surface area contributed by atoms with E-state index in [0.717, 1.165) is 12.0 Å². The lowest BCUT2D eigenvalue weighted by Gasteiger charge is -2.32. The Labute approximate surface area is 202 Å². The minimum atomic E-state index is -0.786. The maximum atomic E-state index is 13.1. The average Bonchev–Trinajstić information content (AvgIpc) is 2.87. The van der Waals surface area contributed by atoms with E-state index in [1.54, 1.807) is 23.9 Å². The van der Waals surface area contributed by atoms with Gasteiger partial charge in [-0.3, -0.25) is 9.36 Å². The topological polar surface area (TPSA) is 133 Å². The van der Waals surface area contributed by atoms with Crippen LogP contribution < -0.4 is 15.3 Å². The van der Waals surface area contributed by atoms with E-state index in [1.807, 2.05) is 24.0 Å². The molecule has 11 nitrogen and oxygen atoms in total. The van der Waals surface area contributed by atoms with Gasteiger partial charge >= 0.3 is 11.7 Å². The number of hydrogen-bond donors (Lipinski definition) is 1. The summed E-state index contributed by atoms with van der Waals surface area (Å²) in [5.41, 5.74) is 2.09. The summed E-state index contributed by atoms with van der Waals surface area (Å²) in [6.07, 6.45) is 4.13. The lowest BCUT2D eigenvalue weighted by atomic mass is 9.93. The molecule has 11 heteroatoms. The van der Waals surface area contributed by atoms with E-state index < -0.39 is 5.97 Å². The van der Waals surface area contributed by atoms with Crippen LogP contribution in [0.5, 0.6) is 5.88 Å². The van der Waals surface area contributed by atoms with Gasteiger partial charge in [-0.2, -0.15) is 4.98 Å². The van der Waals surface area contributed by atoms with Crippen molar-refractivity contribution in [2.45, 2.75) is 39.2 Å². The average molecular weight is 483 g/mol. The molecule has 0 aliphatic carbocycles. The number of pyridine rings is 1. The van der Waals surface area contributed by atoms with Crippen molar-refractivity contribution < 1.29 is 19.4 Å². The SMILES string of the molecule is CCCOCCn1c(=O)nc(N2CCC(CC(=O)O)CC2)c2nnc(-c3ccc(OC)nc3)cc21. The predicted octanol–water partition coefficient (Wildman–Crippen LogP) is 2.37. The number of nitrogens with zero attached hydrogens (tertiary/aromatic N) is 6. The fourth-order valence-corrected chi connectivity index (χ4v) is 4.28. The summed E-state index contributed by atoms with van der Waals surface area (Å²) in [4.78, 5) is 34.8. The predicted molar refractivity (Wildman–Crippen MR) is 130 cm³/mol. The Balaban J connectivity index is 1.71. The Morgan fingerprint density at radius 3 is 2.66 bits per heavy atom. The number of methoxy groups -OCH3 is 1. The highest BCUT2D eigenvalue weighted by Crippen LogP contribution is 2.29. The molecule has 1 fully saturated rings. The largest absolute Gasteiger partial charge is 0.481 e. The molecule has 3 aromatic heterocycles. The highest BCUT2D eigenvalue weighted by atomic mass is 16.5. The zero-order valence-electron chi connectivity index (χ0n) is 20.0. The summed E-state index contributed by atoms with van der Waals surface area (Å²) in [6.45, 7) is 4.58. The van der Waals surface area contributed by atoms with Crippen LogP contribution in [0.4, 0.5) is 5.82 Å². The van der Waals surface area contributed by atoms with Crippen LogP contribution >= 0.6 is 0 Å². The summed E-state index contributed by atoms with van der Waals surface area (Å²) < 4.78 is 12.3. The van der Waals surface area contributed by atoms with Gasteiger partial charge in [0.25, 0.3) is 0 Å². The van der Waals surface area contributed by atoms with E-state index >= 15 is 0 Å². The van der Waals surface area contributed by atoms with E-state index in [2.05, 4.69) is 20.2 Å². The molecule has 0 aromatic carbocycles. The molecule has 1 saturated heterocycles. The zero-order valence-corrected chi connectivity index (χ0v) is 20.0. The standard InChI is InChI=1S/C24H30N6O5/c1-3-11-35-12-10-30-19-14-18(17-4-5-20(34-2)25-15-17)27-28-22(19)23(26-24(30)33)29-8-6-16(7-9-29)13-21(31)32/h4-5,14-16H,3,6-13H2,1-2H3,(H,31,32). The van der Waals surface area contributed by atoms with Crippen molar-refractivity contribution in [3.8, 4) is 17.1 Å². The van der Waals surface area contributed by atoms with Crippen LogP contribution in [-0.4, -0.2) is 69.2 Å². The van der Waals surface area contributed by atoms with E-state index in [0.29, 0.717) is 74.1 Å². The van der Waals surface area contributed by atoms with Crippen molar-refractivity contribution in [1.82, 2.24) is 24.7 Å². The Kier molecular flexibility index (Phi) is 7.86. The van der Waals surface area contributed by atoms with Crippen molar-refractivity contribution in [2.75, 3.05) is 38.3 Å². The van der Waals surface area contributed by atoms with Gasteiger partial charge in [0.2, 0.25) is 5.88 Å². The van der Waals surface area contributed by atoms with Crippen LogP contribution in [0.1, 0.15) is 32.6 Å². The van der Waals surface area contributed by atoms with E-state index in [1.165, 1.54) is 0 Å². The smallest absolute Gasteiger partial charge is 0.350 e. The van der Waals surface area contributed by atoms with E-state index in [4.69, 9.17) is 14.6 Å². The molecule has 3 aromatic rings. The highest BCUT2D eigenvalue weighted by molar-refractivity contribution is 5.87. The van der Waals surface area contributed by atoms with Crippen LogP contribution in [-0.2, 0) is 16.1 Å². The van der Waals surface area contributed by atoms with Crippen LogP contribution in [0.25, 0.3) is 22.3 Å². The number of fused-ring (bicyclic) bond motifs is 1. The summed E-state index contributed by atoms with van der Waals surface area (Å²) in [6, 6.07) is 5.41. The van der Waals surface area contributed by atoms with Gasteiger partial charge in [0.05, 0.1) is 31.5 Å². The molecular formula is C24H30N6O5. The van der Waals surface area contributed by atoms with E-state index in [9.17, 15) is 9.59 Å². The molecule has 1 N–H and O–H groups in total. The van der Waals surface area contributed by atoms with Gasteiger partial charge in [0.1, 0.15) is 0 Å². The summed E-state index contributed by atoms with van der Waals surface area (Å²) in [5, 5.41) is 18.0. The number of carboxylic acid groups (broad SMARTS) is 1. The van der Waals surface area contributed by atoms with Gasteiger partial charge in [-0.15, -0.1) is 10.2 Å². The summed E-state index contributed by atoms with van der Waals surface area (Å²) in [7, 11) is 1.55. The first kappa shape index (κ1) is 24.5. The molecule has 0 bridgehead atoms. The molecule has 0 unspecified atom stereocenters. The minimum Gasteiger partial charge on any atom is -0.481 e. The Morgan fingerprint density at radius 1 is 1.20 bits per heavy atom. The van der Waals surface area contributed by atoms with Crippen molar-refractivity contribution in [2.24, 2.45) is 5.92 Å². The van der Waals surface area contributed by atoms with Gasteiger partial charge in [-0.25, -0.2) is 9.78 Å². The zero-order chi connectivity index (χ0) is 24.8. The number of hydrogen-bond acceptors (Lipinski definition) is 9. The Morgan fingerprint density at radius 2 is 2.00 bits per heavy atom. The van der Waals surface area contributed by atoms with Gasteiger partial charge in [0.15, 0.2) is 11.3 Å². The monoisotopic (exact) mass is 482 g/mol. The third-order valence-electron chi connectivity index (χ3n) is 6.14. The highest BCUT2D eigenvalue weighted by Gasteiger charge is 2.25. The first-order valence-electron chi connectivity index (χ1n) is 11.8. The molecule has 0 spiro atoms. The normalized spacial score (nSPS) is 14.4. The summed E-state index contributed by atoms with van der Waals surface area (Å²) in [5.74, 6) is 0.305. The van der Waals surface area contributed by atoms with Gasteiger partial charge in [-0.05, 0) is 37.3 Å². The number of piperidine rings is 1. The van der Waals surface area contributed by atoms with E-state index in [-0.39, 0.29) is 18.0 Å². The fourth-order valence-electron chi connectivity index (χ4n) is 4.28. The first-order valence-corrected chi connectivity index (χ1v) is 11.8. The summed E-state index contributed by atoms with van der Waals surface area (Å²) >= 11 is 0. The molecule has 1 aliphatic rings. The Hall–Kier alpha value is -3.60. The maximum absolute atomic E-state index is 13.1. The molecule has 186 valence electrons. The molecule has 0 radical (unpaired) electrons. The molecule has 35 heavy (non-hydrogen) atoms. The molecule has 0 saturated carbocycles. The van der Waals surface area contributed by atoms with Crippen molar-refractivity contribution in [1.29, 1.82) is 0 Å². The van der Waals surface area contributed by atoms with Crippen LogP contribution in [0.3, 0.4) is 0 Å². The second-order valence-electron chi connectivity index (χ2n) is 8.56. The fraction of sp³-hybridized carbons (Fsp3) is 0.500. The number of ether oxygens (including phenoxy) is 2. The molecule has 1 aliphatic heterocycles. The Bertz CT molecular complexity index is 1220. The molecule has 4 heterocycles. The lowest BCUT2D eigenvalue weighted by molar-refractivity contribution is -0.138. The third-order valence-corrected chi connectivity index (χ3v) is 6.14. The van der Waals surface area contributed by atoms with Crippen molar-refractivity contribution in [3.63, 3.8) is 0 Å². The van der Waals surface area contributed by atoms with Gasteiger partial charge in [-0.1, -0.05) is 6.92 Å². The molecule has 0 amide bonds. The van der Waals surface area contributed by atoms with Gasteiger partial charge < -0.3 is 19.5 Å². The van der Waals surface area contributed by atoms with Crippen molar-refractivity contribution in [3.05, 3.63) is 34.9 Å². The number of aliphatic carboxylic acids is 1. The lowest BCUT2D eigenvalue weighted by Crippen LogP contribution is -2.37. The third kappa shape index (κ3) is 5.73. The first-order chi connectivity index (χ1) is 17.0. The van der Waals surface area contributed by atoms with Crippen LogP contribution in [0, 0.1) is 5.92 Å². The number of carbonyl (C=O) groups is 1. The molecule has 0 atom stereocenters. The number of anilines is 1.